The fourth-order valence-corrected chi connectivity index (χ4v) is 1.74. The van der Waals surface area contributed by atoms with E-state index in [9.17, 15) is 9.59 Å². The van der Waals surface area contributed by atoms with E-state index in [1.54, 1.807) is 0 Å². The summed E-state index contributed by atoms with van der Waals surface area (Å²) in [6.07, 6.45) is 1.68. The number of fused-ring (bicyclic) bond motifs is 1. The smallest absolute Gasteiger partial charge is 0.343 e. The highest BCUT2D eigenvalue weighted by Gasteiger charge is 2.40. The standard InChI is InChI=1S/C8H10O4/c9-6-4-5-2-1-3-11-7(5)8(10)12-6/h5,7H,1-4H2. The maximum atomic E-state index is 11.1. The highest BCUT2D eigenvalue weighted by atomic mass is 16.6. The van der Waals surface area contributed by atoms with E-state index in [0.717, 1.165) is 12.8 Å². The summed E-state index contributed by atoms with van der Waals surface area (Å²) in [7, 11) is 0. The third kappa shape index (κ3) is 1.22. The summed E-state index contributed by atoms with van der Waals surface area (Å²) in [6.45, 7) is 0.602. The molecule has 0 N–H and O–H groups in total. The van der Waals surface area contributed by atoms with Crippen LogP contribution in [0.2, 0.25) is 0 Å². The van der Waals surface area contributed by atoms with Crippen LogP contribution >= 0.6 is 0 Å². The lowest BCUT2D eigenvalue weighted by Crippen LogP contribution is -2.44. The van der Waals surface area contributed by atoms with Crippen LogP contribution in [-0.2, 0) is 19.1 Å². The zero-order chi connectivity index (χ0) is 8.55. The van der Waals surface area contributed by atoms with Gasteiger partial charge in [-0.05, 0) is 12.8 Å². The fourth-order valence-electron chi connectivity index (χ4n) is 1.74. The molecule has 2 fully saturated rings. The highest BCUT2D eigenvalue weighted by Crippen LogP contribution is 2.28. The maximum Gasteiger partial charge on any atom is 0.343 e. The predicted molar refractivity (Wildman–Crippen MR) is 38.2 cm³/mol. The molecule has 2 rings (SSSR count). The third-order valence-electron chi connectivity index (χ3n) is 2.32. The van der Waals surface area contributed by atoms with Gasteiger partial charge in [0.15, 0.2) is 6.10 Å². The first-order valence-corrected chi connectivity index (χ1v) is 4.13. The average molecular weight is 170 g/mol. The first kappa shape index (κ1) is 7.73. The largest absolute Gasteiger partial charge is 0.391 e. The van der Waals surface area contributed by atoms with Crippen LogP contribution in [0.3, 0.4) is 0 Å². The van der Waals surface area contributed by atoms with E-state index in [4.69, 9.17) is 4.74 Å². The van der Waals surface area contributed by atoms with Crippen molar-refractivity contribution < 1.29 is 19.1 Å². The molecule has 2 saturated heterocycles. The molecule has 0 spiro atoms. The Morgan fingerprint density at radius 1 is 1.33 bits per heavy atom. The van der Waals surface area contributed by atoms with Crippen molar-refractivity contribution in [1.29, 1.82) is 0 Å². The van der Waals surface area contributed by atoms with Gasteiger partial charge in [0.25, 0.3) is 0 Å². The van der Waals surface area contributed by atoms with Crippen LogP contribution in [-0.4, -0.2) is 24.6 Å². The molecular weight excluding hydrogens is 160 g/mol. The van der Waals surface area contributed by atoms with E-state index >= 15 is 0 Å². The molecule has 66 valence electrons. The number of rotatable bonds is 0. The average Bonchev–Trinajstić information content (AvgIpc) is 2.04. The Kier molecular flexibility index (Phi) is 1.84. The summed E-state index contributed by atoms with van der Waals surface area (Å²) < 4.78 is 9.67. The molecule has 0 bridgehead atoms. The maximum absolute atomic E-state index is 11.1. The van der Waals surface area contributed by atoms with Gasteiger partial charge in [0.2, 0.25) is 0 Å². The van der Waals surface area contributed by atoms with Gasteiger partial charge in [-0.3, -0.25) is 4.79 Å². The monoisotopic (exact) mass is 170 g/mol. The van der Waals surface area contributed by atoms with Gasteiger partial charge in [0.05, 0.1) is 6.42 Å². The molecule has 0 aromatic carbocycles. The molecule has 2 unspecified atom stereocenters. The van der Waals surface area contributed by atoms with Crippen molar-refractivity contribution in [2.24, 2.45) is 5.92 Å². The van der Waals surface area contributed by atoms with Crippen LogP contribution in [0.4, 0.5) is 0 Å². The fraction of sp³-hybridized carbons (Fsp3) is 0.750. The van der Waals surface area contributed by atoms with E-state index in [2.05, 4.69) is 4.74 Å². The van der Waals surface area contributed by atoms with Gasteiger partial charge < -0.3 is 9.47 Å². The minimum Gasteiger partial charge on any atom is -0.391 e. The summed E-state index contributed by atoms with van der Waals surface area (Å²) >= 11 is 0. The quantitative estimate of drug-likeness (QED) is 0.386. The summed E-state index contributed by atoms with van der Waals surface area (Å²) in [5.74, 6) is -0.852. The predicted octanol–water partition coefficient (Wildman–Crippen LogP) is 0.255. The summed E-state index contributed by atoms with van der Waals surface area (Å²) in [5.41, 5.74) is 0. The van der Waals surface area contributed by atoms with Crippen LogP contribution in [0.25, 0.3) is 0 Å². The van der Waals surface area contributed by atoms with E-state index in [1.165, 1.54) is 0 Å². The van der Waals surface area contributed by atoms with Crippen molar-refractivity contribution in [2.75, 3.05) is 6.61 Å². The Balaban J connectivity index is 2.11. The number of carbonyl (C=O) groups is 2. The lowest BCUT2D eigenvalue weighted by molar-refractivity contribution is -0.183. The first-order valence-electron chi connectivity index (χ1n) is 4.13. The molecule has 12 heavy (non-hydrogen) atoms. The second kappa shape index (κ2) is 2.86. The van der Waals surface area contributed by atoms with Crippen molar-refractivity contribution in [3.8, 4) is 0 Å². The summed E-state index contributed by atoms with van der Waals surface area (Å²) in [5, 5.41) is 0. The van der Waals surface area contributed by atoms with Crippen LogP contribution < -0.4 is 0 Å². The minimum absolute atomic E-state index is 0.0625. The number of ether oxygens (including phenoxy) is 2. The number of cyclic esters (lactones) is 2. The first-order chi connectivity index (χ1) is 5.77. The van der Waals surface area contributed by atoms with Gasteiger partial charge in [-0.15, -0.1) is 0 Å². The summed E-state index contributed by atoms with van der Waals surface area (Å²) in [4.78, 5) is 21.9. The highest BCUT2D eigenvalue weighted by molar-refractivity contribution is 5.91. The van der Waals surface area contributed by atoms with Gasteiger partial charge in [-0.2, -0.15) is 0 Å². The Labute approximate surface area is 69.8 Å². The van der Waals surface area contributed by atoms with Gasteiger partial charge in [0, 0.05) is 12.5 Å². The van der Waals surface area contributed by atoms with Crippen molar-refractivity contribution in [2.45, 2.75) is 25.4 Å². The van der Waals surface area contributed by atoms with Crippen LogP contribution in [0, 0.1) is 5.92 Å². The van der Waals surface area contributed by atoms with Crippen LogP contribution in [0.15, 0.2) is 0 Å². The molecule has 4 nitrogen and oxygen atoms in total. The van der Waals surface area contributed by atoms with Crippen LogP contribution in [0.1, 0.15) is 19.3 Å². The Morgan fingerprint density at radius 3 is 3.00 bits per heavy atom. The van der Waals surface area contributed by atoms with Crippen molar-refractivity contribution >= 4 is 11.9 Å². The molecule has 0 saturated carbocycles. The molecule has 0 aromatic heterocycles. The van der Waals surface area contributed by atoms with Gasteiger partial charge in [-0.1, -0.05) is 0 Å². The second-order valence-electron chi connectivity index (χ2n) is 3.19. The topological polar surface area (TPSA) is 52.6 Å². The molecule has 0 aliphatic carbocycles. The molecule has 4 heteroatoms. The second-order valence-corrected chi connectivity index (χ2v) is 3.19. The molecule has 2 aliphatic heterocycles. The number of hydrogen-bond donors (Lipinski definition) is 0. The number of hydrogen-bond acceptors (Lipinski definition) is 4. The third-order valence-corrected chi connectivity index (χ3v) is 2.32. The van der Waals surface area contributed by atoms with Gasteiger partial charge in [0.1, 0.15) is 0 Å². The van der Waals surface area contributed by atoms with E-state index in [-0.39, 0.29) is 5.92 Å². The van der Waals surface area contributed by atoms with E-state index < -0.39 is 18.0 Å². The van der Waals surface area contributed by atoms with Crippen LogP contribution in [0.5, 0.6) is 0 Å². The molecule has 0 radical (unpaired) electrons. The van der Waals surface area contributed by atoms with Crippen molar-refractivity contribution in [3.05, 3.63) is 0 Å². The van der Waals surface area contributed by atoms with Gasteiger partial charge >= 0.3 is 11.9 Å². The van der Waals surface area contributed by atoms with E-state index in [1.807, 2.05) is 0 Å². The molecule has 2 aliphatic rings. The molecule has 2 atom stereocenters. The molecule has 2 heterocycles. The molecular formula is C8H10O4. The zero-order valence-electron chi connectivity index (χ0n) is 6.62. The van der Waals surface area contributed by atoms with E-state index in [0.29, 0.717) is 13.0 Å². The Morgan fingerprint density at radius 2 is 2.17 bits per heavy atom. The Bertz CT molecular complexity index is 223. The lowest BCUT2D eigenvalue weighted by atomic mass is 9.90. The normalized spacial score (nSPS) is 35.7. The van der Waals surface area contributed by atoms with Crippen molar-refractivity contribution in [1.82, 2.24) is 0 Å². The SMILES string of the molecule is O=C1CC2CCCOC2C(=O)O1. The minimum atomic E-state index is -0.504. The van der Waals surface area contributed by atoms with Gasteiger partial charge in [-0.25, -0.2) is 4.79 Å². The Hall–Kier alpha value is -0.900. The van der Waals surface area contributed by atoms with Crippen molar-refractivity contribution in [3.63, 3.8) is 0 Å². The summed E-state index contributed by atoms with van der Waals surface area (Å²) in [6, 6.07) is 0. The zero-order valence-corrected chi connectivity index (χ0v) is 6.62. The molecule has 0 amide bonds. The number of carbonyl (C=O) groups excluding carboxylic acids is 2. The number of esters is 2. The molecule has 0 aromatic rings. The lowest BCUT2D eigenvalue weighted by Gasteiger charge is -2.32.